The number of nitrogens with one attached hydrogen (secondary N) is 1. The fraction of sp³-hybridized carbons (Fsp3) is 0.500. The highest BCUT2D eigenvalue weighted by Gasteiger charge is 2.32. The molecule has 82 valence electrons. The third-order valence-corrected chi connectivity index (χ3v) is 3.45. The van der Waals surface area contributed by atoms with E-state index in [4.69, 9.17) is 4.74 Å². The van der Waals surface area contributed by atoms with Crippen molar-refractivity contribution in [3.8, 4) is 5.75 Å². The van der Waals surface area contributed by atoms with Crippen LogP contribution >= 0.6 is 22.6 Å². The second-order valence-electron chi connectivity index (χ2n) is 4.59. The fourth-order valence-corrected chi connectivity index (χ4v) is 2.60. The van der Waals surface area contributed by atoms with Gasteiger partial charge in [0.15, 0.2) is 0 Å². The monoisotopic (exact) mass is 317 g/mol. The summed E-state index contributed by atoms with van der Waals surface area (Å²) in [5, 5.41) is 3.36. The minimum atomic E-state index is -0.0759. The Labute approximate surface area is 105 Å². The van der Waals surface area contributed by atoms with Crippen molar-refractivity contribution >= 4 is 22.6 Å². The molecule has 1 atom stereocenters. The molecule has 1 heterocycles. The SMILES string of the molecule is CNC1CC(C)(C)Oc2ccc(I)cc21. The van der Waals surface area contributed by atoms with Crippen molar-refractivity contribution in [2.75, 3.05) is 7.05 Å². The molecule has 1 aromatic rings. The van der Waals surface area contributed by atoms with Crippen LogP contribution in [0, 0.1) is 3.57 Å². The lowest BCUT2D eigenvalue weighted by molar-refractivity contribution is 0.0675. The molecule has 0 aromatic heterocycles. The quantitative estimate of drug-likeness (QED) is 0.804. The Morgan fingerprint density at radius 3 is 2.87 bits per heavy atom. The summed E-state index contributed by atoms with van der Waals surface area (Å²) in [5.41, 5.74) is 1.21. The van der Waals surface area contributed by atoms with Gasteiger partial charge in [0.05, 0.1) is 0 Å². The standard InChI is InChI=1S/C12H16INO/c1-12(2)7-10(14-3)9-6-8(13)4-5-11(9)15-12/h4-6,10,14H,7H2,1-3H3. The van der Waals surface area contributed by atoms with E-state index in [-0.39, 0.29) is 5.60 Å². The molecule has 0 aliphatic carbocycles. The van der Waals surface area contributed by atoms with E-state index in [2.05, 4.69) is 60.0 Å². The average Bonchev–Trinajstić information content (AvgIpc) is 2.16. The predicted octanol–water partition coefficient (Wildman–Crippen LogP) is 3.11. The highest BCUT2D eigenvalue weighted by molar-refractivity contribution is 14.1. The van der Waals surface area contributed by atoms with Gasteiger partial charge in [-0.05, 0) is 61.7 Å². The van der Waals surface area contributed by atoms with Crippen LogP contribution in [-0.2, 0) is 0 Å². The Morgan fingerprint density at radius 1 is 1.47 bits per heavy atom. The minimum Gasteiger partial charge on any atom is -0.487 e. The van der Waals surface area contributed by atoms with E-state index in [1.165, 1.54) is 9.13 Å². The lowest BCUT2D eigenvalue weighted by Crippen LogP contribution is -2.38. The molecule has 1 aromatic carbocycles. The summed E-state index contributed by atoms with van der Waals surface area (Å²) in [4.78, 5) is 0. The molecule has 1 unspecified atom stereocenters. The van der Waals surface area contributed by atoms with Crippen LogP contribution in [0.5, 0.6) is 5.75 Å². The van der Waals surface area contributed by atoms with Crippen LogP contribution in [0.4, 0.5) is 0 Å². The summed E-state index contributed by atoms with van der Waals surface area (Å²) < 4.78 is 7.22. The van der Waals surface area contributed by atoms with Crippen molar-refractivity contribution in [1.82, 2.24) is 5.32 Å². The van der Waals surface area contributed by atoms with Crippen LogP contribution in [0.1, 0.15) is 31.9 Å². The Balaban J connectivity index is 2.44. The van der Waals surface area contributed by atoms with Crippen molar-refractivity contribution in [3.63, 3.8) is 0 Å². The first kappa shape index (κ1) is 11.2. The molecule has 2 nitrogen and oxygen atoms in total. The molecule has 3 heteroatoms. The number of fused-ring (bicyclic) bond motifs is 1. The topological polar surface area (TPSA) is 21.3 Å². The Bertz CT molecular complexity index is 376. The molecule has 0 bridgehead atoms. The van der Waals surface area contributed by atoms with E-state index >= 15 is 0 Å². The summed E-state index contributed by atoms with van der Waals surface area (Å²) in [7, 11) is 2.01. The maximum absolute atomic E-state index is 5.96. The molecule has 0 radical (unpaired) electrons. The van der Waals surface area contributed by atoms with Crippen LogP contribution in [0.15, 0.2) is 18.2 Å². The molecule has 1 N–H and O–H groups in total. The third-order valence-electron chi connectivity index (χ3n) is 2.78. The number of rotatable bonds is 1. The fourth-order valence-electron chi connectivity index (χ4n) is 2.08. The van der Waals surface area contributed by atoms with Gasteiger partial charge in [-0.15, -0.1) is 0 Å². The first-order valence-electron chi connectivity index (χ1n) is 5.17. The van der Waals surface area contributed by atoms with Gasteiger partial charge in [-0.1, -0.05) is 0 Å². The molecule has 0 amide bonds. The zero-order valence-electron chi connectivity index (χ0n) is 9.30. The van der Waals surface area contributed by atoms with Crippen LogP contribution in [-0.4, -0.2) is 12.6 Å². The normalized spacial score (nSPS) is 23.1. The van der Waals surface area contributed by atoms with Gasteiger partial charge in [0, 0.05) is 21.6 Å². The van der Waals surface area contributed by atoms with E-state index in [1.54, 1.807) is 0 Å². The lowest BCUT2D eigenvalue weighted by atomic mass is 9.90. The number of halogens is 1. The van der Waals surface area contributed by atoms with Crippen LogP contribution in [0.25, 0.3) is 0 Å². The van der Waals surface area contributed by atoms with Gasteiger partial charge < -0.3 is 10.1 Å². The molecule has 0 spiro atoms. The van der Waals surface area contributed by atoms with E-state index in [0.29, 0.717) is 6.04 Å². The Kier molecular flexibility index (Phi) is 2.94. The van der Waals surface area contributed by atoms with Gasteiger partial charge in [-0.25, -0.2) is 0 Å². The summed E-state index contributed by atoms with van der Waals surface area (Å²) in [6.45, 7) is 4.27. The van der Waals surface area contributed by atoms with Crippen molar-refractivity contribution in [1.29, 1.82) is 0 Å². The smallest absolute Gasteiger partial charge is 0.124 e. The number of benzene rings is 1. The van der Waals surface area contributed by atoms with Gasteiger partial charge in [0.25, 0.3) is 0 Å². The summed E-state index contributed by atoms with van der Waals surface area (Å²) in [6, 6.07) is 6.76. The Morgan fingerprint density at radius 2 is 2.20 bits per heavy atom. The molecule has 1 aliphatic rings. The molecule has 0 saturated carbocycles. The maximum Gasteiger partial charge on any atom is 0.124 e. The molecule has 0 saturated heterocycles. The largest absolute Gasteiger partial charge is 0.487 e. The van der Waals surface area contributed by atoms with Gasteiger partial charge >= 0.3 is 0 Å². The molecule has 0 fully saturated rings. The van der Waals surface area contributed by atoms with Crippen LogP contribution < -0.4 is 10.1 Å². The first-order chi connectivity index (χ1) is 7.02. The third kappa shape index (κ3) is 2.28. The van der Waals surface area contributed by atoms with E-state index < -0.39 is 0 Å². The van der Waals surface area contributed by atoms with Crippen molar-refractivity contribution in [2.45, 2.75) is 31.9 Å². The predicted molar refractivity (Wildman–Crippen MR) is 70.3 cm³/mol. The van der Waals surface area contributed by atoms with Crippen molar-refractivity contribution in [2.24, 2.45) is 0 Å². The van der Waals surface area contributed by atoms with Crippen LogP contribution in [0.2, 0.25) is 0 Å². The van der Waals surface area contributed by atoms with E-state index in [0.717, 1.165) is 12.2 Å². The molecule has 15 heavy (non-hydrogen) atoms. The summed E-state index contributed by atoms with van der Waals surface area (Å²) >= 11 is 2.34. The van der Waals surface area contributed by atoms with Gasteiger partial charge in [-0.2, -0.15) is 0 Å². The zero-order valence-corrected chi connectivity index (χ0v) is 11.5. The molecular formula is C12H16INO. The Hall–Kier alpha value is -0.290. The summed E-state index contributed by atoms with van der Waals surface area (Å²) in [6.07, 6.45) is 1.01. The van der Waals surface area contributed by atoms with Gasteiger partial charge in [-0.3, -0.25) is 0 Å². The van der Waals surface area contributed by atoms with Crippen molar-refractivity contribution in [3.05, 3.63) is 27.3 Å². The second kappa shape index (κ2) is 3.94. The van der Waals surface area contributed by atoms with E-state index in [1.807, 2.05) is 7.05 Å². The van der Waals surface area contributed by atoms with Gasteiger partial charge in [0.1, 0.15) is 11.4 Å². The summed E-state index contributed by atoms with van der Waals surface area (Å²) in [5.74, 6) is 1.02. The van der Waals surface area contributed by atoms with Gasteiger partial charge in [0.2, 0.25) is 0 Å². The number of hydrogen-bond donors (Lipinski definition) is 1. The van der Waals surface area contributed by atoms with E-state index in [9.17, 15) is 0 Å². The average molecular weight is 317 g/mol. The number of hydrogen-bond acceptors (Lipinski definition) is 2. The maximum atomic E-state index is 5.96. The molecular weight excluding hydrogens is 301 g/mol. The molecule has 1 aliphatic heterocycles. The second-order valence-corrected chi connectivity index (χ2v) is 5.83. The molecule has 2 rings (SSSR count). The van der Waals surface area contributed by atoms with Crippen molar-refractivity contribution < 1.29 is 4.74 Å². The first-order valence-corrected chi connectivity index (χ1v) is 6.25. The highest BCUT2D eigenvalue weighted by atomic mass is 127. The minimum absolute atomic E-state index is 0.0759. The lowest BCUT2D eigenvalue weighted by Gasteiger charge is -2.37. The zero-order chi connectivity index (χ0) is 11.1. The van der Waals surface area contributed by atoms with Crippen LogP contribution in [0.3, 0.4) is 0 Å². The number of ether oxygens (including phenoxy) is 1. The highest BCUT2D eigenvalue weighted by Crippen LogP contribution is 2.39.